The molecule has 1 aliphatic heterocycles. The monoisotopic (exact) mass is 438 g/mol. The van der Waals surface area contributed by atoms with E-state index >= 15 is 0 Å². The molecule has 1 amide bonds. The maximum Gasteiger partial charge on any atom is 0.309 e. The molecule has 6 heteroatoms. The number of carbonyl (C=O) groups excluding carboxylic acids is 3. The molecule has 32 heavy (non-hydrogen) atoms. The predicted molar refractivity (Wildman–Crippen MR) is 123 cm³/mol. The van der Waals surface area contributed by atoms with E-state index in [2.05, 4.69) is 16.7 Å². The summed E-state index contributed by atoms with van der Waals surface area (Å²) in [5.74, 6) is -0.701. The number of ketones is 1. The van der Waals surface area contributed by atoms with E-state index in [0.29, 0.717) is 38.0 Å². The number of ether oxygens (including phenoxy) is 1. The molecule has 2 aromatic rings. The summed E-state index contributed by atoms with van der Waals surface area (Å²) in [5.41, 5.74) is 3.21. The smallest absolute Gasteiger partial charge is 0.309 e. The van der Waals surface area contributed by atoms with Crippen LogP contribution in [0.15, 0.2) is 36.4 Å². The van der Waals surface area contributed by atoms with E-state index < -0.39 is 5.41 Å². The molecule has 1 saturated heterocycles. The fourth-order valence-corrected chi connectivity index (χ4v) is 4.22. The zero-order valence-corrected chi connectivity index (χ0v) is 19.8. The van der Waals surface area contributed by atoms with Crippen LogP contribution in [-0.4, -0.2) is 46.8 Å². The van der Waals surface area contributed by atoms with Gasteiger partial charge in [-0.25, -0.2) is 0 Å². The lowest BCUT2D eigenvalue weighted by Gasteiger charge is -2.34. The van der Waals surface area contributed by atoms with Gasteiger partial charge in [0.2, 0.25) is 11.7 Å². The van der Waals surface area contributed by atoms with Gasteiger partial charge in [0.05, 0.1) is 5.92 Å². The molecule has 0 radical (unpaired) electrons. The molecule has 2 heterocycles. The van der Waals surface area contributed by atoms with Crippen molar-refractivity contribution in [1.29, 1.82) is 0 Å². The largest absolute Gasteiger partial charge is 0.457 e. The maximum atomic E-state index is 12.8. The topological polar surface area (TPSA) is 68.6 Å². The van der Waals surface area contributed by atoms with Crippen LogP contribution < -0.4 is 0 Å². The van der Waals surface area contributed by atoms with Gasteiger partial charge in [0.1, 0.15) is 0 Å². The number of hydrogen-bond acceptors (Lipinski definition) is 4. The highest BCUT2D eigenvalue weighted by atomic mass is 16.5. The van der Waals surface area contributed by atoms with Crippen LogP contribution in [0.1, 0.15) is 60.9 Å². The summed E-state index contributed by atoms with van der Waals surface area (Å²) in [4.78, 5) is 39.5. The standard InChI is InChI=1S/C26H34N2O4/c1-18-15-22(19(2)28(18)16-20-9-7-6-8-10-20)23(29)17-32-24(30)21-11-13-27(14-12-21)25(31)26(3,4)5/h6-10,15,21H,11-14,16-17H2,1-5H3. The molecule has 6 nitrogen and oxygen atoms in total. The SMILES string of the molecule is Cc1cc(C(=O)COC(=O)C2CCN(C(=O)C(C)(C)C)CC2)c(C)n1Cc1ccccc1. The fraction of sp³-hybridized carbons (Fsp3) is 0.500. The summed E-state index contributed by atoms with van der Waals surface area (Å²) in [6, 6.07) is 12.0. The second-order valence-corrected chi connectivity index (χ2v) is 9.70. The third-order valence-corrected chi connectivity index (χ3v) is 6.16. The Morgan fingerprint density at radius 2 is 1.66 bits per heavy atom. The first-order chi connectivity index (χ1) is 15.1. The van der Waals surface area contributed by atoms with E-state index in [1.807, 2.05) is 63.8 Å². The Balaban J connectivity index is 1.54. The molecule has 0 spiro atoms. The minimum Gasteiger partial charge on any atom is -0.457 e. The van der Waals surface area contributed by atoms with Gasteiger partial charge in [0.25, 0.3) is 0 Å². The molecule has 0 atom stereocenters. The summed E-state index contributed by atoms with van der Waals surface area (Å²) in [6.45, 7) is 11.1. The average Bonchev–Trinajstić information content (AvgIpc) is 3.05. The summed E-state index contributed by atoms with van der Waals surface area (Å²) in [6.07, 6.45) is 1.14. The normalized spacial score (nSPS) is 15.0. The van der Waals surface area contributed by atoms with Crippen molar-refractivity contribution in [3.05, 3.63) is 58.9 Å². The van der Waals surface area contributed by atoms with Gasteiger partial charge in [-0.05, 0) is 38.3 Å². The van der Waals surface area contributed by atoms with Gasteiger partial charge in [-0.1, -0.05) is 51.1 Å². The van der Waals surface area contributed by atoms with Crippen LogP contribution >= 0.6 is 0 Å². The highest BCUT2D eigenvalue weighted by Crippen LogP contribution is 2.24. The van der Waals surface area contributed by atoms with Crippen LogP contribution in [0.25, 0.3) is 0 Å². The highest BCUT2D eigenvalue weighted by molar-refractivity contribution is 5.99. The van der Waals surface area contributed by atoms with Crippen molar-refractivity contribution in [2.24, 2.45) is 11.3 Å². The number of benzene rings is 1. The molecule has 172 valence electrons. The number of hydrogen-bond donors (Lipinski definition) is 0. The number of carbonyl (C=O) groups is 3. The number of piperidine rings is 1. The van der Waals surface area contributed by atoms with E-state index in [4.69, 9.17) is 4.74 Å². The minimum atomic E-state index is -0.424. The number of rotatable bonds is 6. The first kappa shape index (κ1) is 23.8. The van der Waals surface area contributed by atoms with Gasteiger partial charge in [-0.3, -0.25) is 14.4 Å². The summed E-state index contributed by atoms with van der Waals surface area (Å²) in [5, 5.41) is 0. The first-order valence-electron chi connectivity index (χ1n) is 11.3. The molecule has 0 aliphatic carbocycles. The third-order valence-electron chi connectivity index (χ3n) is 6.16. The Kier molecular flexibility index (Phi) is 7.22. The zero-order valence-electron chi connectivity index (χ0n) is 19.8. The minimum absolute atomic E-state index is 0.102. The lowest BCUT2D eigenvalue weighted by atomic mass is 9.91. The Bertz CT molecular complexity index is 977. The van der Waals surface area contributed by atoms with Crippen molar-refractivity contribution >= 4 is 17.7 Å². The molecule has 1 fully saturated rings. The number of aryl methyl sites for hydroxylation is 1. The highest BCUT2D eigenvalue weighted by Gasteiger charge is 2.33. The molecule has 0 saturated carbocycles. The van der Waals surface area contributed by atoms with Crippen molar-refractivity contribution in [3.63, 3.8) is 0 Å². The van der Waals surface area contributed by atoms with E-state index in [0.717, 1.165) is 17.0 Å². The lowest BCUT2D eigenvalue weighted by molar-refractivity contribution is -0.152. The van der Waals surface area contributed by atoms with Crippen LogP contribution in [0.4, 0.5) is 0 Å². The van der Waals surface area contributed by atoms with Crippen molar-refractivity contribution in [1.82, 2.24) is 9.47 Å². The van der Waals surface area contributed by atoms with Crippen LogP contribution in [0, 0.1) is 25.2 Å². The maximum absolute atomic E-state index is 12.8. The molecule has 1 aromatic heterocycles. The molecule has 0 N–H and O–H groups in total. The Hall–Kier alpha value is -2.89. The second kappa shape index (κ2) is 9.72. The molecule has 3 rings (SSSR count). The van der Waals surface area contributed by atoms with E-state index in [-0.39, 0.29) is 30.2 Å². The van der Waals surface area contributed by atoms with Crippen LogP contribution in [0.2, 0.25) is 0 Å². The average molecular weight is 439 g/mol. The van der Waals surface area contributed by atoms with Crippen molar-refractivity contribution in [3.8, 4) is 0 Å². The van der Waals surface area contributed by atoms with Crippen molar-refractivity contribution in [2.75, 3.05) is 19.7 Å². The van der Waals surface area contributed by atoms with Crippen LogP contribution in [0.3, 0.4) is 0 Å². The number of aromatic nitrogens is 1. The number of nitrogens with zero attached hydrogens (tertiary/aromatic N) is 2. The molecule has 0 unspecified atom stereocenters. The number of likely N-dealkylation sites (tertiary alicyclic amines) is 1. The number of Topliss-reactive ketones (excluding diaryl/α,β-unsaturated/α-hetero) is 1. The molecule has 1 aliphatic rings. The molecule has 0 bridgehead atoms. The quantitative estimate of drug-likeness (QED) is 0.502. The van der Waals surface area contributed by atoms with E-state index in [1.165, 1.54) is 0 Å². The van der Waals surface area contributed by atoms with Gasteiger partial charge >= 0.3 is 5.97 Å². The molecular weight excluding hydrogens is 404 g/mol. The predicted octanol–water partition coefficient (Wildman–Crippen LogP) is 4.16. The Morgan fingerprint density at radius 1 is 1.03 bits per heavy atom. The zero-order chi connectivity index (χ0) is 23.5. The van der Waals surface area contributed by atoms with Gasteiger partial charge in [0, 0.05) is 42.0 Å². The Morgan fingerprint density at radius 3 is 2.25 bits per heavy atom. The first-order valence-corrected chi connectivity index (χ1v) is 11.3. The van der Waals surface area contributed by atoms with Crippen molar-refractivity contribution < 1.29 is 19.1 Å². The summed E-state index contributed by atoms with van der Waals surface area (Å²) < 4.78 is 7.49. The second-order valence-electron chi connectivity index (χ2n) is 9.70. The van der Waals surface area contributed by atoms with Crippen LogP contribution in [0.5, 0.6) is 0 Å². The Labute approximate surface area is 190 Å². The van der Waals surface area contributed by atoms with Gasteiger partial charge in [0.15, 0.2) is 6.61 Å². The van der Waals surface area contributed by atoms with Gasteiger partial charge in [-0.15, -0.1) is 0 Å². The van der Waals surface area contributed by atoms with Gasteiger partial charge in [-0.2, -0.15) is 0 Å². The number of esters is 1. The molecule has 1 aromatic carbocycles. The van der Waals surface area contributed by atoms with Gasteiger partial charge < -0.3 is 14.2 Å². The van der Waals surface area contributed by atoms with Crippen LogP contribution in [-0.2, 0) is 20.9 Å². The van der Waals surface area contributed by atoms with E-state index in [9.17, 15) is 14.4 Å². The summed E-state index contributed by atoms with van der Waals surface area (Å²) >= 11 is 0. The third kappa shape index (κ3) is 5.47. The fourth-order valence-electron chi connectivity index (χ4n) is 4.22. The van der Waals surface area contributed by atoms with Crippen molar-refractivity contribution in [2.45, 2.75) is 54.0 Å². The summed E-state index contributed by atoms with van der Waals surface area (Å²) in [7, 11) is 0. The molecular formula is C26H34N2O4. The van der Waals surface area contributed by atoms with E-state index in [1.54, 1.807) is 0 Å². The number of amides is 1. The lowest BCUT2D eigenvalue weighted by Crippen LogP contribution is -2.45.